The van der Waals surface area contributed by atoms with Crippen LogP contribution in [0.5, 0.6) is 0 Å². The molecule has 0 aliphatic rings. The number of rotatable bonds is 1. The van der Waals surface area contributed by atoms with Crippen molar-refractivity contribution in [3.05, 3.63) is 35.6 Å². The van der Waals surface area contributed by atoms with Crippen molar-refractivity contribution in [1.82, 2.24) is 0 Å². The third kappa shape index (κ3) is 1.60. The first-order valence-corrected chi connectivity index (χ1v) is 3.45. The summed E-state index contributed by atoms with van der Waals surface area (Å²) in [4.78, 5) is 0. The summed E-state index contributed by atoms with van der Waals surface area (Å²) in [6.45, 7) is 2.09. The Morgan fingerprint density at radius 1 is 1.30 bits per heavy atom. The first-order chi connectivity index (χ1) is 4.70. The van der Waals surface area contributed by atoms with Crippen LogP contribution in [0, 0.1) is 5.82 Å². The van der Waals surface area contributed by atoms with E-state index in [1.807, 2.05) is 12.1 Å². The van der Waals surface area contributed by atoms with Gasteiger partial charge in [-0.1, -0.05) is 24.6 Å². The maximum atomic E-state index is 12.4. The zero-order valence-corrected chi connectivity index (χ0v) is 6.26. The average Bonchev–Trinajstić information content (AvgIpc) is 1.88. The second kappa shape index (κ2) is 2.87. The van der Waals surface area contributed by atoms with E-state index in [0.29, 0.717) is 5.82 Å². The molecule has 0 spiro atoms. The maximum Gasteiger partial charge on any atom is 0.123 e. The standard InChI is InChI=1S/C8H10BF/c1-6(9)7-2-4-8(10)5-3-7/h2-6H,9H2,1H3. The molecular formula is C8H10BF. The van der Waals surface area contributed by atoms with Crippen molar-refractivity contribution in [3.8, 4) is 0 Å². The van der Waals surface area contributed by atoms with Gasteiger partial charge in [-0.05, 0) is 17.9 Å². The van der Waals surface area contributed by atoms with E-state index in [9.17, 15) is 4.39 Å². The summed E-state index contributed by atoms with van der Waals surface area (Å²) in [5, 5.41) is 0. The smallest absolute Gasteiger partial charge is 0.123 e. The average molecular weight is 136 g/mol. The fraction of sp³-hybridized carbons (Fsp3) is 0.250. The minimum atomic E-state index is -0.163. The third-order valence-corrected chi connectivity index (χ3v) is 1.54. The predicted octanol–water partition coefficient (Wildman–Crippen LogP) is 1.52. The van der Waals surface area contributed by atoms with E-state index in [4.69, 9.17) is 0 Å². The first-order valence-electron chi connectivity index (χ1n) is 3.45. The van der Waals surface area contributed by atoms with E-state index in [1.54, 1.807) is 0 Å². The first kappa shape index (κ1) is 7.32. The highest BCUT2D eigenvalue weighted by Gasteiger charge is 1.96. The molecule has 1 unspecified atom stereocenters. The Hall–Kier alpha value is -0.785. The minimum Gasteiger partial charge on any atom is -0.207 e. The summed E-state index contributed by atoms with van der Waals surface area (Å²) in [5.74, 6) is 0.324. The highest BCUT2D eigenvalue weighted by molar-refractivity contribution is 6.12. The van der Waals surface area contributed by atoms with E-state index in [-0.39, 0.29) is 5.82 Å². The summed E-state index contributed by atoms with van der Waals surface area (Å²) in [6.07, 6.45) is 0. The molecule has 0 fully saturated rings. The fourth-order valence-corrected chi connectivity index (χ4v) is 0.848. The molecular weight excluding hydrogens is 126 g/mol. The molecule has 0 N–H and O–H groups in total. The summed E-state index contributed by atoms with van der Waals surface area (Å²) >= 11 is 0. The van der Waals surface area contributed by atoms with Crippen LogP contribution in [0.3, 0.4) is 0 Å². The van der Waals surface area contributed by atoms with Crippen LogP contribution in [-0.2, 0) is 0 Å². The topological polar surface area (TPSA) is 0 Å². The van der Waals surface area contributed by atoms with Gasteiger partial charge in [0, 0.05) is 0 Å². The lowest BCUT2D eigenvalue weighted by Gasteiger charge is -2.02. The normalized spacial score (nSPS) is 13.0. The molecule has 0 heterocycles. The quantitative estimate of drug-likeness (QED) is 0.513. The lowest BCUT2D eigenvalue weighted by molar-refractivity contribution is 0.627. The van der Waals surface area contributed by atoms with Gasteiger partial charge in [-0.15, -0.1) is 0 Å². The lowest BCUT2D eigenvalue weighted by Crippen LogP contribution is -1.90. The van der Waals surface area contributed by atoms with Gasteiger partial charge in [-0.25, -0.2) is 4.39 Å². The predicted molar refractivity (Wildman–Crippen MR) is 43.4 cm³/mol. The van der Waals surface area contributed by atoms with Gasteiger partial charge >= 0.3 is 0 Å². The van der Waals surface area contributed by atoms with Crippen molar-refractivity contribution in [2.45, 2.75) is 12.7 Å². The van der Waals surface area contributed by atoms with Gasteiger partial charge in [0.1, 0.15) is 13.7 Å². The van der Waals surface area contributed by atoms with Crippen molar-refractivity contribution in [1.29, 1.82) is 0 Å². The molecule has 1 aromatic carbocycles. The van der Waals surface area contributed by atoms with Crippen LogP contribution in [-0.4, -0.2) is 7.85 Å². The molecule has 0 aliphatic heterocycles. The van der Waals surface area contributed by atoms with E-state index >= 15 is 0 Å². The zero-order chi connectivity index (χ0) is 7.56. The molecule has 0 saturated heterocycles. The molecule has 1 atom stereocenters. The molecule has 0 bridgehead atoms. The molecule has 0 saturated carbocycles. The monoisotopic (exact) mass is 136 g/mol. The van der Waals surface area contributed by atoms with Crippen molar-refractivity contribution >= 4 is 7.85 Å². The Labute approximate surface area is 61.5 Å². The Morgan fingerprint density at radius 2 is 1.80 bits per heavy atom. The zero-order valence-electron chi connectivity index (χ0n) is 6.26. The Morgan fingerprint density at radius 3 is 2.20 bits per heavy atom. The molecule has 0 aromatic heterocycles. The van der Waals surface area contributed by atoms with Crippen LogP contribution in [0.15, 0.2) is 24.3 Å². The maximum absolute atomic E-state index is 12.4. The van der Waals surface area contributed by atoms with Crippen LogP contribution in [0.25, 0.3) is 0 Å². The van der Waals surface area contributed by atoms with Gasteiger partial charge in [-0.2, -0.15) is 0 Å². The van der Waals surface area contributed by atoms with Gasteiger partial charge < -0.3 is 0 Å². The van der Waals surface area contributed by atoms with Gasteiger partial charge in [0.2, 0.25) is 0 Å². The van der Waals surface area contributed by atoms with Gasteiger partial charge in [0.25, 0.3) is 0 Å². The molecule has 1 aromatic rings. The molecule has 1 rings (SSSR count). The van der Waals surface area contributed by atoms with E-state index in [2.05, 4.69) is 14.8 Å². The summed E-state index contributed by atoms with van der Waals surface area (Å²) in [6, 6.07) is 6.63. The van der Waals surface area contributed by atoms with E-state index < -0.39 is 0 Å². The number of benzene rings is 1. The summed E-state index contributed by atoms with van der Waals surface area (Å²) in [5.41, 5.74) is 1.18. The second-order valence-corrected chi connectivity index (χ2v) is 2.71. The van der Waals surface area contributed by atoms with Crippen molar-refractivity contribution < 1.29 is 4.39 Å². The van der Waals surface area contributed by atoms with Crippen molar-refractivity contribution in [2.24, 2.45) is 0 Å². The van der Waals surface area contributed by atoms with Crippen LogP contribution in [0.2, 0.25) is 0 Å². The molecule has 2 heteroatoms. The summed E-state index contributed by atoms with van der Waals surface area (Å²) < 4.78 is 12.4. The molecule has 0 aliphatic carbocycles. The Kier molecular flexibility index (Phi) is 2.10. The van der Waals surface area contributed by atoms with Gasteiger partial charge in [-0.3, -0.25) is 0 Å². The second-order valence-electron chi connectivity index (χ2n) is 2.71. The highest BCUT2D eigenvalue weighted by Crippen LogP contribution is 2.10. The van der Waals surface area contributed by atoms with Crippen LogP contribution >= 0.6 is 0 Å². The van der Waals surface area contributed by atoms with Crippen LogP contribution in [0.1, 0.15) is 18.3 Å². The van der Waals surface area contributed by atoms with Crippen molar-refractivity contribution in [3.63, 3.8) is 0 Å². The molecule has 0 amide bonds. The SMILES string of the molecule is BC(C)c1ccc(F)cc1. The minimum absolute atomic E-state index is 0.163. The van der Waals surface area contributed by atoms with Gasteiger partial charge in [0.15, 0.2) is 0 Å². The fourth-order valence-electron chi connectivity index (χ4n) is 0.848. The Bertz CT molecular complexity index is 203. The number of halogens is 1. The number of hydrogen-bond acceptors (Lipinski definition) is 0. The van der Waals surface area contributed by atoms with Gasteiger partial charge in [0.05, 0.1) is 0 Å². The highest BCUT2D eigenvalue weighted by atomic mass is 19.1. The third-order valence-electron chi connectivity index (χ3n) is 1.54. The molecule has 0 radical (unpaired) electrons. The van der Waals surface area contributed by atoms with Crippen LogP contribution in [0.4, 0.5) is 4.39 Å². The lowest BCUT2D eigenvalue weighted by atomic mass is 9.83. The largest absolute Gasteiger partial charge is 0.207 e. The Balaban J connectivity index is 2.89. The van der Waals surface area contributed by atoms with Crippen LogP contribution < -0.4 is 0 Å². The molecule has 52 valence electrons. The molecule has 10 heavy (non-hydrogen) atoms. The van der Waals surface area contributed by atoms with E-state index in [1.165, 1.54) is 17.7 Å². The number of hydrogen-bond donors (Lipinski definition) is 0. The van der Waals surface area contributed by atoms with Crippen molar-refractivity contribution in [2.75, 3.05) is 0 Å². The summed E-state index contributed by atoms with van der Waals surface area (Å²) in [7, 11) is 2.09. The molecule has 0 nitrogen and oxygen atoms in total. The van der Waals surface area contributed by atoms with E-state index in [0.717, 1.165) is 0 Å².